The Morgan fingerprint density at radius 2 is 1.86 bits per heavy atom. The summed E-state index contributed by atoms with van der Waals surface area (Å²) in [6.07, 6.45) is 2.72. The molecule has 3 amide bonds. The van der Waals surface area contributed by atoms with Crippen molar-refractivity contribution in [3.8, 4) is 0 Å². The molecule has 22 heavy (non-hydrogen) atoms. The number of imide groups is 1. The minimum absolute atomic E-state index is 0.284. The molecule has 0 unspecified atom stereocenters. The van der Waals surface area contributed by atoms with Gasteiger partial charge in [-0.2, -0.15) is 5.10 Å². The number of rotatable bonds is 6. The number of aromatic amines is 1. The molecule has 114 valence electrons. The molecular formula is C15H17N5O2. The fraction of sp³-hybridized carbons (Fsp3) is 0.333. The lowest BCUT2D eigenvalue weighted by molar-refractivity contribution is -0.120. The first-order chi connectivity index (χ1) is 10.7. The zero-order chi connectivity index (χ0) is 15.4. The molecule has 7 nitrogen and oxygen atoms in total. The van der Waals surface area contributed by atoms with Gasteiger partial charge < -0.3 is 5.32 Å². The van der Waals surface area contributed by atoms with Gasteiger partial charge in [0.15, 0.2) is 5.82 Å². The SMILES string of the molecule is O=C1NC(=O)[C@H](CCc2nc(CCc3ccccc3)n[nH]2)N1. The zero-order valence-electron chi connectivity index (χ0n) is 12.0. The molecule has 1 aliphatic heterocycles. The third-order valence-electron chi connectivity index (χ3n) is 3.59. The molecule has 0 saturated carbocycles. The van der Waals surface area contributed by atoms with Crippen LogP contribution in [0.3, 0.4) is 0 Å². The Labute approximate surface area is 127 Å². The maximum Gasteiger partial charge on any atom is 0.322 e. The number of aromatic nitrogens is 3. The number of nitrogens with zero attached hydrogens (tertiary/aromatic N) is 2. The summed E-state index contributed by atoms with van der Waals surface area (Å²) in [6, 6.07) is 9.26. The van der Waals surface area contributed by atoms with E-state index in [0.717, 1.165) is 24.5 Å². The molecule has 1 atom stereocenters. The number of hydrogen-bond acceptors (Lipinski definition) is 4. The van der Waals surface area contributed by atoms with Gasteiger partial charge in [0, 0.05) is 12.8 Å². The fourth-order valence-electron chi connectivity index (χ4n) is 2.40. The summed E-state index contributed by atoms with van der Waals surface area (Å²) in [7, 11) is 0. The van der Waals surface area contributed by atoms with Crippen LogP contribution in [0.5, 0.6) is 0 Å². The third kappa shape index (κ3) is 3.49. The van der Waals surface area contributed by atoms with Crippen LogP contribution in [-0.2, 0) is 24.1 Å². The van der Waals surface area contributed by atoms with Gasteiger partial charge in [-0.3, -0.25) is 15.2 Å². The molecule has 1 aliphatic rings. The number of amides is 3. The normalized spacial score (nSPS) is 17.4. The van der Waals surface area contributed by atoms with Gasteiger partial charge in [-0.25, -0.2) is 9.78 Å². The Kier molecular flexibility index (Phi) is 4.13. The second kappa shape index (κ2) is 6.38. The Balaban J connectivity index is 1.49. The van der Waals surface area contributed by atoms with Crippen LogP contribution in [0.25, 0.3) is 0 Å². The topological polar surface area (TPSA) is 99.8 Å². The van der Waals surface area contributed by atoms with E-state index in [0.29, 0.717) is 12.8 Å². The van der Waals surface area contributed by atoms with Crippen molar-refractivity contribution in [1.29, 1.82) is 0 Å². The zero-order valence-corrected chi connectivity index (χ0v) is 12.0. The number of aryl methyl sites for hydroxylation is 3. The highest BCUT2D eigenvalue weighted by atomic mass is 16.2. The first-order valence-electron chi connectivity index (χ1n) is 7.26. The van der Waals surface area contributed by atoms with E-state index in [1.54, 1.807) is 0 Å². The number of hydrogen-bond donors (Lipinski definition) is 3. The highest BCUT2D eigenvalue weighted by molar-refractivity contribution is 6.04. The molecule has 2 aromatic rings. The van der Waals surface area contributed by atoms with Crippen molar-refractivity contribution in [2.24, 2.45) is 0 Å². The molecule has 2 heterocycles. The van der Waals surface area contributed by atoms with Crippen LogP contribution in [0.2, 0.25) is 0 Å². The van der Waals surface area contributed by atoms with E-state index in [9.17, 15) is 9.59 Å². The predicted octanol–water partition coefficient (Wildman–Crippen LogP) is 0.730. The average molecular weight is 299 g/mol. The van der Waals surface area contributed by atoms with Crippen molar-refractivity contribution in [1.82, 2.24) is 25.8 Å². The Morgan fingerprint density at radius 3 is 2.59 bits per heavy atom. The smallest absolute Gasteiger partial charge is 0.322 e. The van der Waals surface area contributed by atoms with Crippen LogP contribution in [0.15, 0.2) is 30.3 Å². The third-order valence-corrected chi connectivity index (χ3v) is 3.59. The highest BCUT2D eigenvalue weighted by Crippen LogP contribution is 2.07. The molecule has 3 rings (SSSR count). The molecule has 1 saturated heterocycles. The van der Waals surface area contributed by atoms with Crippen LogP contribution in [0.4, 0.5) is 4.79 Å². The Hall–Kier alpha value is -2.70. The number of urea groups is 1. The van der Waals surface area contributed by atoms with Crippen molar-refractivity contribution >= 4 is 11.9 Å². The summed E-state index contributed by atoms with van der Waals surface area (Å²) in [4.78, 5) is 26.9. The fourth-order valence-corrected chi connectivity index (χ4v) is 2.40. The van der Waals surface area contributed by atoms with E-state index < -0.39 is 12.1 Å². The van der Waals surface area contributed by atoms with Gasteiger partial charge >= 0.3 is 6.03 Å². The van der Waals surface area contributed by atoms with Crippen LogP contribution < -0.4 is 10.6 Å². The van der Waals surface area contributed by atoms with Gasteiger partial charge in [0.1, 0.15) is 11.9 Å². The van der Waals surface area contributed by atoms with E-state index in [4.69, 9.17) is 0 Å². The number of carbonyl (C=O) groups excluding carboxylic acids is 2. The highest BCUT2D eigenvalue weighted by Gasteiger charge is 2.29. The largest absolute Gasteiger partial charge is 0.326 e. The van der Waals surface area contributed by atoms with Gasteiger partial charge in [-0.05, 0) is 18.4 Å². The first kappa shape index (κ1) is 14.2. The maximum absolute atomic E-state index is 11.4. The van der Waals surface area contributed by atoms with E-state index in [1.807, 2.05) is 18.2 Å². The molecule has 1 fully saturated rings. The van der Waals surface area contributed by atoms with E-state index in [1.165, 1.54) is 5.56 Å². The summed E-state index contributed by atoms with van der Waals surface area (Å²) in [5, 5.41) is 11.9. The van der Waals surface area contributed by atoms with Gasteiger partial charge in [-0.1, -0.05) is 30.3 Å². The van der Waals surface area contributed by atoms with Crippen molar-refractivity contribution in [2.45, 2.75) is 31.7 Å². The van der Waals surface area contributed by atoms with Crippen LogP contribution >= 0.6 is 0 Å². The minimum atomic E-state index is -0.481. The molecular weight excluding hydrogens is 282 g/mol. The summed E-state index contributed by atoms with van der Waals surface area (Å²) in [5.41, 5.74) is 1.25. The minimum Gasteiger partial charge on any atom is -0.326 e. The van der Waals surface area contributed by atoms with Crippen LogP contribution in [0, 0.1) is 0 Å². The average Bonchev–Trinajstić information content (AvgIpc) is 3.10. The van der Waals surface area contributed by atoms with Gasteiger partial charge in [-0.15, -0.1) is 0 Å². The van der Waals surface area contributed by atoms with Crippen LogP contribution in [-0.4, -0.2) is 33.2 Å². The standard InChI is InChI=1S/C15H17N5O2/c21-14-11(16-15(22)18-14)7-9-13-17-12(19-20-13)8-6-10-4-2-1-3-5-10/h1-5,11H,6-9H2,(H,17,19,20)(H2,16,18,21,22)/t11-/m0/s1. The van der Waals surface area contributed by atoms with E-state index >= 15 is 0 Å². The lowest BCUT2D eigenvalue weighted by atomic mass is 10.1. The molecule has 0 bridgehead atoms. The predicted molar refractivity (Wildman–Crippen MR) is 79.0 cm³/mol. The van der Waals surface area contributed by atoms with Gasteiger partial charge in [0.05, 0.1) is 0 Å². The maximum atomic E-state index is 11.4. The van der Waals surface area contributed by atoms with Crippen molar-refractivity contribution < 1.29 is 9.59 Å². The Morgan fingerprint density at radius 1 is 1.05 bits per heavy atom. The lowest BCUT2D eigenvalue weighted by Crippen LogP contribution is -2.29. The van der Waals surface area contributed by atoms with E-state index in [-0.39, 0.29) is 5.91 Å². The molecule has 0 radical (unpaired) electrons. The molecule has 1 aromatic heterocycles. The summed E-state index contributed by atoms with van der Waals surface area (Å²) < 4.78 is 0. The van der Waals surface area contributed by atoms with Crippen molar-refractivity contribution in [3.05, 3.63) is 47.5 Å². The van der Waals surface area contributed by atoms with Gasteiger partial charge in [0.2, 0.25) is 0 Å². The van der Waals surface area contributed by atoms with Crippen molar-refractivity contribution in [2.75, 3.05) is 0 Å². The number of H-pyrrole nitrogens is 1. The number of benzene rings is 1. The molecule has 0 spiro atoms. The van der Waals surface area contributed by atoms with E-state index in [2.05, 4.69) is 37.9 Å². The summed E-state index contributed by atoms with van der Waals surface area (Å²) in [5.74, 6) is 1.21. The monoisotopic (exact) mass is 299 g/mol. The first-order valence-corrected chi connectivity index (χ1v) is 7.26. The van der Waals surface area contributed by atoms with Gasteiger partial charge in [0.25, 0.3) is 5.91 Å². The second-order valence-electron chi connectivity index (χ2n) is 5.24. The molecule has 1 aromatic carbocycles. The quantitative estimate of drug-likeness (QED) is 0.685. The number of carbonyl (C=O) groups is 2. The Bertz CT molecular complexity index is 668. The molecule has 0 aliphatic carbocycles. The second-order valence-corrected chi connectivity index (χ2v) is 5.24. The molecule has 3 N–H and O–H groups in total. The van der Waals surface area contributed by atoms with Crippen molar-refractivity contribution in [3.63, 3.8) is 0 Å². The summed E-state index contributed by atoms with van der Waals surface area (Å²) >= 11 is 0. The number of nitrogens with one attached hydrogen (secondary N) is 3. The molecule has 7 heteroatoms. The lowest BCUT2D eigenvalue weighted by Gasteiger charge is -2.04. The summed E-state index contributed by atoms with van der Waals surface area (Å²) in [6.45, 7) is 0. The van der Waals surface area contributed by atoms with Crippen LogP contribution in [0.1, 0.15) is 23.6 Å².